The summed E-state index contributed by atoms with van der Waals surface area (Å²) in [6.45, 7) is 5.73. The molecule has 0 aromatic carbocycles. The van der Waals surface area contributed by atoms with Gasteiger partial charge >= 0.3 is 22.1 Å². The standard InChI is InChI=1S/C13H19N3O7S2/c1-5-25(19,20)23-11(18)10(8-7-24-12(14)15-8)16-21-6-9(17)22-13(2,3)4/h7H,5-6H2,1-4H3,(H2,14,15)/b16-10-. The summed E-state index contributed by atoms with van der Waals surface area (Å²) in [4.78, 5) is 32.2. The summed E-state index contributed by atoms with van der Waals surface area (Å²) < 4.78 is 32.3. The Kier molecular flexibility index (Phi) is 6.87. The zero-order valence-corrected chi connectivity index (χ0v) is 15.8. The molecule has 0 saturated carbocycles. The molecule has 140 valence electrons. The van der Waals surface area contributed by atoms with Gasteiger partial charge in [0.1, 0.15) is 11.3 Å². The van der Waals surface area contributed by atoms with Crippen LogP contribution in [0.1, 0.15) is 33.4 Å². The van der Waals surface area contributed by atoms with Crippen LogP contribution in [0.25, 0.3) is 0 Å². The molecule has 0 fully saturated rings. The number of aromatic nitrogens is 1. The number of thiazole rings is 1. The second kappa shape index (κ2) is 8.25. The number of nitrogen functional groups attached to an aromatic ring is 1. The van der Waals surface area contributed by atoms with Gasteiger partial charge < -0.3 is 19.5 Å². The SMILES string of the molecule is CCS(=O)(=O)OC(=O)/C(=N\OCC(=O)OC(C)(C)C)c1csc(N)n1. The van der Waals surface area contributed by atoms with Crippen molar-refractivity contribution in [3.63, 3.8) is 0 Å². The van der Waals surface area contributed by atoms with E-state index in [1.807, 2.05) is 0 Å². The third kappa shape index (κ3) is 7.47. The summed E-state index contributed by atoms with van der Waals surface area (Å²) >= 11 is 1.00. The Bertz CT molecular complexity index is 763. The monoisotopic (exact) mass is 393 g/mol. The number of esters is 1. The van der Waals surface area contributed by atoms with Crippen LogP contribution in [0.5, 0.6) is 0 Å². The fraction of sp³-hybridized carbons (Fsp3) is 0.538. The molecule has 1 aromatic rings. The third-order valence-electron chi connectivity index (χ3n) is 2.27. The maximum absolute atomic E-state index is 12.0. The number of nitrogens with zero attached hydrogens (tertiary/aromatic N) is 2. The van der Waals surface area contributed by atoms with Gasteiger partial charge in [-0.05, 0) is 27.7 Å². The molecule has 0 aliphatic heterocycles. The van der Waals surface area contributed by atoms with Gasteiger partial charge in [-0.25, -0.2) is 14.6 Å². The molecule has 2 N–H and O–H groups in total. The lowest BCUT2D eigenvalue weighted by molar-refractivity contribution is -0.160. The minimum Gasteiger partial charge on any atom is -0.457 e. The van der Waals surface area contributed by atoms with Crippen molar-refractivity contribution in [2.24, 2.45) is 5.16 Å². The van der Waals surface area contributed by atoms with Crippen molar-refractivity contribution >= 4 is 44.2 Å². The number of rotatable bonds is 7. The lowest BCUT2D eigenvalue weighted by atomic mass is 10.2. The Labute approximate surface area is 149 Å². The molecular weight excluding hydrogens is 374 g/mol. The van der Waals surface area contributed by atoms with Crippen LogP contribution < -0.4 is 5.73 Å². The molecule has 12 heteroatoms. The first-order chi connectivity index (χ1) is 11.4. The predicted octanol–water partition coefficient (Wildman–Crippen LogP) is 0.681. The molecule has 1 heterocycles. The Hall–Kier alpha value is -2.21. The molecule has 0 atom stereocenters. The van der Waals surface area contributed by atoms with E-state index in [-0.39, 0.29) is 10.8 Å². The van der Waals surface area contributed by atoms with Crippen LogP contribution in [0, 0.1) is 0 Å². The highest BCUT2D eigenvalue weighted by Gasteiger charge is 2.25. The first-order valence-electron chi connectivity index (χ1n) is 7.03. The molecular formula is C13H19N3O7S2. The lowest BCUT2D eigenvalue weighted by Gasteiger charge is -2.18. The largest absolute Gasteiger partial charge is 0.457 e. The molecule has 1 rings (SSSR count). The van der Waals surface area contributed by atoms with Gasteiger partial charge in [0.05, 0.1) is 5.75 Å². The fourth-order valence-corrected chi connectivity index (χ4v) is 2.29. The van der Waals surface area contributed by atoms with E-state index in [9.17, 15) is 18.0 Å². The highest BCUT2D eigenvalue weighted by Crippen LogP contribution is 2.14. The van der Waals surface area contributed by atoms with Gasteiger partial charge in [0, 0.05) is 5.38 Å². The molecule has 0 bridgehead atoms. The summed E-state index contributed by atoms with van der Waals surface area (Å²) in [6, 6.07) is 0. The van der Waals surface area contributed by atoms with E-state index in [0.29, 0.717) is 0 Å². The van der Waals surface area contributed by atoms with Gasteiger partial charge in [-0.3, -0.25) is 0 Å². The fourth-order valence-electron chi connectivity index (χ4n) is 1.32. The second-order valence-electron chi connectivity index (χ2n) is 5.59. The molecule has 0 aliphatic rings. The van der Waals surface area contributed by atoms with Crippen molar-refractivity contribution in [3.8, 4) is 0 Å². The molecule has 0 saturated heterocycles. The van der Waals surface area contributed by atoms with Crippen molar-refractivity contribution < 1.29 is 31.8 Å². The van der Waals surface area contributed by atoms with Gasteiger partial charge in [-0.1, -0.05) is 5.16 Å². The molecule has 1 aromatic heterocycles. The average molecular weight is 393 g/mol. The zero-order valence-electron chi connectivity index (χ0n) is 14.1. The van der Waals surface area contributed by atoms with Crippen LogP contribution in [0.4, 0.5) is 5.13 Å². The normalized spacial score (nSPS) is 12.6. The van der Waals surface area contributed by atoms with Gasteiger partial charge in [-0.2, -0.15) is 8.42 Å². The number of nitrogens with two attached hydrogens (primary N) is 1. The number of hydrogen-bond acceptors (Lipinski definition) is 11. The number of hydrogen-bond donors (Lipinski definition) is 1. The summed E-state index contributed by atoms with van der Waals surface area (Å²) in [5.74, 6) is -2.43. The minimum atomic E-state index is -4.06. The van der Waals surface area contributed by atoms with Crippen LogP contribution in [0.2, 0.25) is 0 Å². The molecule has 0 radical (unpaired) electrons. The second-order valence-corrected chi connectivity index (χ2v) is 8.34. The van der Waals surface area contributed by atoms with Crippen LogP contribution in [0.15, 0.2) is 10.5 Å². The van der Waals surface area contributed by atoms with Crippen molar-refractivity contribution in [2.75, 3.05) is 18.1 Å². The van der Waals surface area contributed by atoms with Crippen molar-refractivity contribution in [3.05, 3.63) is 11.1 Å². The van der Waals surface area contributed by atoms with Crippen molar-refractivity contribution in [1.82, 2.24) is 4.98 Å². The highest BCUT2D eigenvalue weighted by molar-refractivity contribution is 7.87. The van der Waals surface area contributed by atoms with Gasteiger partial charge in [0.2, 0.25) is 12.3 Å². The lowest BCUT2D eigenvalue weighted by Crippen LogP contribution is -2.27. The van der Waals surface area contributed by atoms with E-state index < -0.39 is 45.7 Å². The molecule has 0 spiro atoms. The maximum atomic E-state index is 12.0. The third-order valence-corrected chi connectivity index (χ3v) is 4.06. The van der Waals surface area contributed by atoms with E-state index in [1.54, 1.807) is 20.8 Å². The predicted molar refractivity (Wildman–Crippen MR) is 90.4 cm³/mol. The molecule has 25 heavy (non-hydrogen) atoms. The topological polar surface area (TPSA) is 147 Å². The molecule has 0 aliphatic carbocycles. The molecule has 10 nitrogen and oxygen atoms in total. The Balaban J connectivity index is 2.92. The Morgan fingerprint density at radius 3 is 2.48 bits per heavy atom. The van der Waals surface area contributed by atoms with Gasteiger partial charge in [0.15, 0.2) is 5.13 Å². The molecule has 0 amide bonds. The summed E-state index contributed by atoms with van der Waals surface area (Å²) in [7, 11) is -4.06. The van der Waals surface area contributed by atoms with E-state index in [4.69, 9.17) is 15.3 Å². The first-order valence-corrected chi connectivity index (χ1v) is 9.49. The number of carbonyl (C=O) groups excluding carboxylic acids is 2. The minimum absolute atomic E-state index is 0.0389. The van der Waals surface area contributed by atoms with Crippen LogP contribution in [-0.2, 0) is 33.5 Å². The van der Waals surface area contributed by atoms with Crippen LogP contribution in [-0.4, -0.2) is 49.0 Å². The van der Waals surface area contributed by atoms with E-state index in [0.717, 1.165) is 11.3 Å². The van der Waals surface area contributed by atoms with Gasteiger partial charge in [0.25, 0.3) is 0 Å². The molecule has 0 unspecified atom stereocenters. The quantitative estimate of drug-likeness (QED) is 0.305. The van der Waals surface area contributed by atoms with Crippen LogP contribution in [0.3, 0.4) is 0 Å². The summed E-state index contributed by atoms with van der Waals surface area (Å²) in [5.41, 5.74) is 4.19. The smallest absolute Gasteiger partial charge is 0.378 e. The Morgan fingerprint density at radius 2 is 2.00 bits per heavy atom. The van der Waals surface area contributed by atoms with E-state index in [2.05, 4.69) is 14.3 Å². The van der Waals surface area contributed by atoms with E-state index >= 15 is 0 Å². The maximum Gasteiger partial charge on any atom is 0.378 e. The highest BCUT2D eigenvalue weighted by atomic mass is 32.2. The number of anilines is 1. The summed E-state index contributed by atoms with van der Waals surface area (Å²) in [6.07, 6.45) is 0. The van der Waals surface area contributed by atoms with Crippen molar-refractivity contribution in [1.29, 1.82) is 0 Å². The Morgan fingerprint density at radius 1 is 1.36 bits per heavy atom. The van der Waals surface area contributed by atoms with E-state index in [1.165, 1.54) is 12.3 Å². The summed E-state index contributed by atoms with van der Waals surface area (Å²) in [5, 5.41) is 4.95. The van der Waals surface area contributed by atoms with Crippen molar-refractivity contribution in [2.45, 2.75) is 33.3 Å². The number of ether oxygens (including phenoxy) is 1. The number of carbonyl (C=O) groups is 2. The number of oxime groups is 1. The first kappa shape index (κ1) is 20.8. The van der Waals surface area contributed by atoms with Gasteiger partial charge in [-0.15, -0.1) is 11.3 Å². The zero-order chi connectivity index (χ0) is 19.3. The van der Waals surface area contributed by atoms with Crippen LogP contribution >= 0.6 is 11.3 Å². The average Bonchev–Trinajstić information content (AvgIpc) is 2.87.